The van der Waals surface area contributed by atoms with Gasteiger partial charge in [0.25, 0.3) is 0 Å². The van der Waals surface area contributed by atoms with Crippen LogP contribution in [0.4, 0.5) is 10.1 Å². The zero-order chi connectivity index (χ0) is 9.97. The summed E-state index contributed by atoms with van der Waals surface area (Å²) in [5.41, 5.74) is 0.881. The Labute approximate surface area is 86.6 Å². The van der Waals surface area contributed by atoms with E-state index < -0.39 is 0 Å². The van der Waals surface area contributed by atoms with Gasteiger partial charge in [0.05, 0.1) is 6.54 Å². The van der Waals surface area contributed by atoms with E-state index in [4.69, 9.17) is 0 Å². The van der Waals surface area contributed by atoms with Crippen molar-refractivity contribution < 1.29 is 4.39 Å². The van der Waals surface area contributed by atoms with Crippen molar-refractivity contribution in [1.29, 1.82) is 0 Å². The first kappa shape index (κ1) is 9.52. The lowest BCUT2D eigenvalue weighted by Gasteiger charge is -2.05. The summed E-state index contributed by atoms with van der Waals surface area (Å²) in [6.45, 7) is 2.99. The fraction of sp³-hybridized carbons (Fsp3) is 0.300. The first-order valence-electron chi connectivity index (χ1n) is 4.48. The zero-order valence-corrected chi connectivity index (χ0v) is 8.64. The second kappa shape index (κ2) is 4.00. The Bertz CT molecular complexity index is 348. The summed E-state index contributed by atoms with van der Waals surface area (Å²) in [6.07, 6.45) is 0. The van der Waals surface area contributed by atoms with Crippen molar-refractivity contribution in [3.63, 3.8) is 0 Å². The predicted molar refractivity (Wildman–Crippen MR) is 59.4 cm³/mol. The lowest BCUT2D eigenvalue weighted by atomic mass is 10.3. The monoisotopic (exact) mass is 210 g/mol. The van der Waals surface area contributed by atoms with Gasteiger partial charge in [0.15, 0.2) is 5.17 Å². The predicted octanol–water partition coefficient (Wildman–Crippen LogP) is 2.73. The van der Waals surface area contributed by atoms with Gasteiger partial charge in [-0.15, -0.1) is 0 Å². The van der Waals surface area contributed by atoms with E-state index in [1.165, 1.54) is 12.1 Å². The smallest absolute Gasteiger partial charge is 0.161 e. The van der Waals surface area contributed by atoms with Gasteiger partial charge in [0.1, 0.15) is 5.82 Å². The number of hydrogen-bond acceptors (Lipinski definition) is 3. The van der Waals surface area contributed by atoms with E-state index in [1.54, 1.807) is 23.9 Å². The molecule has 0 unspecified atom stereocenters. The number of amidine groups is 1. The van der Waals surface area contributed by atoms with Crippen LogP contribution in [0.5, 0.6) is 0 Å². The van der Waals surface area contributed by atoms with Crippen molar-refractivity contribution in [3.8, 4) is 0 Å². The molecule has 1 N–H and O–H groups in total. The Morgan fingerprint density at radius 3 is 2.71 bits per heavy atom. The molecule has 74 valence electrons. The largest absolute Gasteiger partial charge is 0.335 e. The Hall–Kier alpha value is -1.03. The van der Waals surface area contributed by atoms with E-state index in [1.807, 2.05) is 0 Å². The van der Waals surface area contributed by atoms with Crippen LogP contribution in [0.15, 0.2) is 29.3 Å². The molecule has 0 aliphatic carbocycles. The van der Waals surface area contributed by atoms with Crippen molar-refractivity contribution in [3.05, 3.63) is 30.1 Å². The summed E-state index contributed by atoms with van der Waals surface area (Å²) in [7, 11) is 0. The summed E-state index contributed by atoms with van der Waals surface area (Å²) in [5, 5.41) is 4.61. The minimum Gasteiger partial charge on any atom is -0.335 e. The van der Waals surface area contributed by atoms with Crippen molar-refractivity contribution in [2.45, 2.75) is 12.2 Å². The number of anilines is 1. The molecule has 4 heteroatoms. The number of aliphatic imine (C=N–C) groups is 1. The maximum absolute atomic E-state index is 12.6. The minimum absolute atomic E-state index is 0.218. The molecular weight excluding hydrogens is 199 g/mol. The SMILES string of the molecule is C[C@H]1CN=C(Nc2ccc(F)cc2)S1. The van der Waals surface area contributed by atoms with Gasteiger partial charge in [-0.25, -0.2) is 4.39 Å². The van der Waals surface area contributed by atoms with Gasteiger partial charge in [-0.3, -0.25) is 4.99 Å². The second-order valence-electron chi connectivity index (χ2n) is 3.21. The van der Waals surface area contributed by atoms with Gasteiger partial charge in [-0.1, -0.05) is 18.7 Å². The summed E-state index contributed by atoms with van der Waals surface area (Å²) in [6, 6.07) is 6.29. The van der Waals surface area contributed by atoms with Crippen LogP contribution < -0.4 is 5.32 Å². The first-order valence-corrected chi connectivity index (χ1v) is 5.36. The number of benzene rings is 1. The van der Waals surface area contributed by atoms with Crippen molar-refractivity contribution in [1.82, 2.24) is 0 Å². The first-order chi connectivity index (χ1) is 6.74. The molecule has 1 heterocycles. The molecule has 0 aromatic heterocycles. The quantitative estimate of drug-likeness (QED) is 0.770. The number of nitrogens with zero attached hydrogens (tertiary/aromatic N) is 1. The highest BCUT2D eigenvalue weighted by Crippen LogP contribution is 2.21. The van der Waals surface area contributed by atoms with E-state index >= 15 is 0 Å². The molecule has 0 amide bonds. The number of thioether (sulfide) groups is 1. The van der Waals surface area contributed by atoms with Gasteiger partial charge in [0, 0.05) is 10.9 Å². The molecule has 1 aliphatic heterocycles. The lowest BCUT2D eigenvalue weighted by Crippen LogP contribution is -2.05. The van der Waals surface area contributed by atoms with Crippen LogP contribution in [0.3, 0.4) is 0 Å². The molecule has 2 nitrogen and oxygen atoms in total. The molecule has 0 saturated heterocycles. The van der Waals surface area contributed by atoms with E-state index in [-0.39, 0.29) is 5.82 Å². The van der Waals surface area contributed by atoms with Crippen LogP contribution in [0.2, 0.25) is 0 Å². The molecule has 1 aliphatic rings. The molecule has 1 aromatic rings. The fourth-order valence-electron chi connectivity index (χ4n) is 1.20. The average molecular weight is 210 g/mol. The van der Waals surface area contributed by atoms with Crippen LogP contribution >= 0.6 is 11.8 Å². The number of rotatable bonds is 1. The number of hydrogen-bond donors (Lipinski definition) is 1. The third kappa shape index (κ3) is 2.26. The second-order valence-corrected chi connectivity index (χ2v) is 4.63. The molecule has 0 spiro atoms. The van der Waals surface area contributed by atoms with Crippen LogP contribution in [0.1, 0.15) is 6.92 Å². The molecule has 0 saturated carbocycles. The molecule has 0 bridgehead atoms. The molecular formula is C10H11FN2S. The van der Waals surface area contributed by atoms with Crippen LogP contribution in [0, 0.1) is 5.82 Å². The van der Waals surface area contributed by atoms with Crippen molar-refractivity contribution in [2.75, 3.05) is 11.9 Å². The molecule has 14 heavy (non-hydrogen) atoms. The van der Waals surface area contributed by atoms with Gasteiger partial charge in [-0.05, 0) is 24.3 Å². The normalized spacial score (nSPS) is 20.7. The van der Waals surface area contributed by atoms with Gasteiger partial charge in [-0.2, -0.15) is 0 Å². The van der Waals surface area contributed by atoms with E-state index in [0.29, 0.717) is 5.25 Å². The Morgan fingerprint density at radius 2 is 2.14 bits per heavy atom. The molecule has 1 aromatic carbocycles. The van der Waals surface area contributed by atoms with Gasteiger partial charge >= 0.3 is 0 Å². The van der Waals surface area contributed by atoms with E-state index in [0.717, 1.165) is 17.4 Å². The van der Waals surface area contributed by atoms with Crippen molar-refractivity contribution in [2.24, 2.45) is 4.99 Å². The van der Waals surface area contributed by atoms with E-state index in [9.17, 15) is 4.39 Å². The van der Waals surface area contributed by atoms with Crippen LogP contribution in [-0.4, -0.2) is 17.0 Å². The Balaban J connectivity index is 2.01. The summed E-state index contributed by atoms with van der Waals surface area (Å²) in [4.78, 5) is 4.31. The standard InChI is InChI=1S/C10H11FN2S/c1-7-6-12-10(14-7)13-9-4-2-8(11)3-5-9/h2-5,7H,6H2,1H3,(H,12,13)/t7-/m0/s1. The third-order valence-corrected chi connectivity index (χ3v) is 2.91. The molecule has 2 rings (SSSR count). The maximum atomic E-state index is 12.6. The Morgan fingerprint density at radius 1 is 1.43 bits per heavy atom. The third-order valence-electron chi connectivity index (χ3n) is 1.90. The highest BCUT2D eigenvalue weighted by molar-refractivity contribution is 8.15. The topological polar surface area (TPSA) is 24.4 Å². The van der Waals surface area contributed by atoms with Crippen LogP contribution in [-0.2, 0) is 0 Å². The molecule has 0 fully saturated rings. The van der Waals surface area contributed by atoms with E-state index in [2.05, 4.69) is 17.2 Å². The highest BCUT2D eigenvalue weighted by Gasteiger charge is 2.14. The Kier molecular flexibility index (Phi) is 2.72. The number of nitrogens with one attached hydrogen (secondary N) is 1. The summed E-state index contributed by atoms with van der Waals surface area (Å²) in [5.74, 6) is -0.218. The van der Waals surface area contributed by atoms with Gasteiger partial charge < -0.3 is 5.32 Å². The van der Waals surface area contributed by atoms with Gasteiger partial charge in [0.2, 0.25) is 0 Å². The van der Waals surface area contributed by atoms with Crippen molar-refractivity contribution >= 4 is 22.6 Å². The lowest BCUT2D eigenvalue weighted by molar-refractivity contribution is 0.628. The zero-order valence-electron chi connectivity index (χ0n) is 7.83. The minimum atomic E-state index is -0.218. The fourth-order valence-corrected chi connectivity index (χ4v) is 2.06. The molecule has 0 radical (unpaired) electrons. The average Bonchev–Trinajstić information content (AvgIpc) is 2.56. The number of halogens is 1. The summed E-state index contributed by atoms with van der Waals surface area (Å²) < 4.78 is 12.6. The molecule has 1 atom stereocenters. The van der Waals surface area contributed by atoms with Crippen LogP contribution in [0.25, 0.3) is 0 Å². The highest BCUT2D eigenvalue weighted by atomic mass is 32.2. The maximum Gasteiger partial charge on any atom is 0.161 e. The summed E-state index contributed by atoms with van der Waals surface area (Å²) >= 11 is 1.71.